The van der Waals surface area contributed by atoms with E-state index >= 15 is 0 Å². The number of methoxy groups -OCH3 is 1. The van der Waals surface area contributed by atoms with Gasteiger partial charge in [-0.3, -0.25) is 10.1 Å². The molecule has 0 atom stereocenters. The minimum Gasteiger partial charge on any atom is -0.495 e. The van der Waals surface area contributed by atoms with E-state index in [1.165, 1.54) is 7.11 Å². The SMILES string of the molecule is COc1ccc(Nc2c3cccc(C)c3nc3c(C(=O)NCCN(C)C)cccc23)cc1NC(=O)O. The van der Waals surface area contributed by atoms with Crippen LogP contribution in [0.2, 0.25) is 0 Å². The first-order chi connectivity index (χ1) is 17.3. The fourth-order valence-electron chi connectivity index (χ4n) is 4.08. The monoisotopic (exact) mass is 487 g/mol. The van der Waals surface area contributed by atoms with Crippen molar-refractivity contribution in [1.82, 2.24) is 15.2 Å². The fraction of sp³-hybridized carbons (Fsp3) is 0.222. The summed E-state index contributed by atoms with van der Waals surface area (Å²) < 4.78 is 5.29. The van der Waals surface area contributed by atoms with Crippen LogP contribution in [0.1, 0.15) is 15.9 Å². The van der Waals surface area contributed by atoms with Gasteiger partial charge in [0.15, 0.2) is 0 Å². The van der Waals surface area contributed by atoms with Crippen LogP contribution in [0.3, 0.4) is 0 Å². The van der Waals surface area contributed by atoms with Crippen LogP contribution in [0.4, 0.5) is 21.9 Å². The summed E-state index contributed by atoms with van der Waals surface area (Å²) >= 11 is 0. The largest absolute Gasteiger partial charge is 0.495 e. The highest BCUT2D eigenvalue weighted by Crippen LogP contribution is 2.37. The molecule has 4 aromatic rings. The number of aryl methyl sites for hydroxylation is 1. The van der Waals surface area contributed by atoms with E-state index in [4.69, 9.17) is 9.72 Å². The Morgan fingerprint density at radius 2 is 1.75 bits per heavy atom. The van der Waals surface area contributed by atoms with E-state index in [1.54, 1.807) is 24.3 Å². The molecular weight excluding hydrogens is 458 g/mol. The van der Waals surface area contributed by atoms with Gasteiger partial charge in [0, 0.05) is 29.5 Å². The van der Waals surface area contributed by atoms with Crippen LogP contribution >= 0.6 is 0 Å². The average molecular weight is 488 g/mol. The number of rotatable bonds is 8. The van der Waals surface area contributed by atoms with E-state index in [9.17, 15) is 14.7 Å². The van der Waals surface area contributed by atoms with Gasteiger partial charge in [-0.2, -0.15) is 0 Å². The number of anilines is 3. The summed E-state index contributed by atoms with van der Waals surface area (Å²) in [7, 11) is 5.39. The highest BCUT2D eigenvalue weighted by atomic mass is 16.5. The van der Waals surface area contributed by atoms with Crippen LogP contribution < -0.4 is 20.7 Å². The van der Waals surface area contributed by atoms with Gasteiger partial charge in [0.2, 0.25) is 0 Å². The standard InChI is InChI=1S/C27H29N5O4/c1-16-7-5-8-18-23(16)31-25-19(9-6-10-20(25)26(33)28-13-14-32(2)3)24(18)29-17-11-12-22(36-4)21(15-17)30-27(34)35/h5-12,15,30H,13-14H2,1-4H3,(H,28,33)(H,29,31)(H,34,35). The number of hydrogen-bond donors (Lipinski definition) is 4. The Bertz CT molecular complexity index is 1450. The van der Waals surface area contributed by atoms with Crippen LogP contribution in [-0.4, -0.2) is 61.3 Å². The van der Waals surface area contributed by atoms with Gasteiger partial charge in [-0.05, 0) is 50.8 Å². The molecule has 4 N–H and O–H groups in total. The third-order valence-corrected chi connectivity index (χ3v) is 5.84. The number of amides is 2. The molecule has 9 nitrogen and oxygen atoms in total. The van der Waals surface area contributed by atoms with Crippen molar-refractivity contribution in [3.63, 3.8) is 0 Å². The topological polar surface area (TPSA) is 116 Å². The van der Waals surface area contributed by atoms with Gasteiger partial charge in [0.05, 0.1) is 35.1 Å². The molecule has 0 aliphatic heterocycles. The predicted octanol–water partition coefficient (Wildman–Crippen LogP) is 4.83. The van der Waals surface area contributed by atoms with Crippen LogP contribution in [0.5, 0.6) is 5.75 Å². The third kappa shape index (κ3) is 5.16. The number of nitrogens with one attached hydrogen (secondary N) is 3. The first-order valence-electron chi connectivity index (χ1n) is 11.5. The molecule has 36 heavy (non-hydrogen) atoms. The molecular formula is C27H29N5O4. The Kier molecular flexibility index (Phi) is 7.21. The highest BCUT2D eigenvalue weighted by molar-refractivity contribution is 6.15. The van der Waals surface area contributed by atoms with Gasteiger partial charge < -0.3 is 25.4 Å². The summed E-state index contributed by atoms with van der Waals surface area (Å²) in [4.78, 5) is 31.3. The number of ether oxygens (including phenoxy) is 1. The number of benzene rings is 3. The average Bonchev–Trinajstić information content (AvgIpc) is 2.83. The molecule has 3 aromatic carbocycles. The lowest BCUT2D eigenvalue weighted by molar-refractivity contribution is 0.0952. The maximum atomic E-state index is 13.1. The number of pyridine rings is 1. The van der Waals surface area contributed by atoms with Gasteiger partial charge in [0.1, 0.15) is 5.75 Å². The number of carbonyl (C=O) groups is 2. The van der Waals surface area contributed by atoms with Crippen molar-refractivity contribution in [1.29, 1.82) is 0 Å². The molecule has 0 spiro atoms. The lowest BCUT2D eigenvalue weighted by atomic mass is 10.0. The fourth-order valence-corrected chi connectivity index (χ4v) is 4.08. The zero-order valence-electron chi connectivity index (χ0n) is 20.7. The molecule has 0 aliphatic carbocycles. The zero-order chi connectivity index (χ0) is 25.8. The number of aromatic nitrogens is 1. The summed E-state index contributed by atoms with van der Waals surface area (Å²) in [6.45, 7) is 3.22. The van der Waals surface area contributed by atoms with Gasteiger partial charge in [0.25, 0.3) is 5.91 Å². The normalized spacial score (nSPS) is 11.0. The third-order valence-electron chi connectivity index (χ3n) is 5.84. The van der Waals surface area contributed by atoms with Crippen molar-refractivity contribution in [3.05, 3.63) is 65.7 Å². The van der Waals surface area contributed by atoms with Gasteiger partial charge >= 0.3 is 6.09 Å². The number of nitrogens with zero attached hydrogens (tertiary/aromatic N) is 2. The second kappa shape index (κ2) is 10.5. The van der Waals surface area contributed by atoms with E-state index < -0.39 is 6.09 Å². The van der Waals surface area contributed by atoms with Crippen molar-refractivity contribution in [2.24, 2.45) is 0 Å². The smallest absolute Gasteiger partial charge is 0.409 e. The molecule has 0 radical (unpaired) electrons. The molecule has 0 saturated carbocycles. The molecule has 0 fully saturated rings. The summed E-state index contributed by atoms with van der Waals surface area (Å²) in [6, 6.07) is 16.6. The Hall–Kier alpha value is -4.37. The molecule has 9 heteroatoms. The molecule has 0 aliphatic rings. The quantitative estimate of drug-likeness (QED) is 0.263. The lowest BCUT2D eigenvalue weighted by Crippen LogP contribution is -2.31. The van der Waals surface area contributed by atoms with Gasteiger partial charge in [-0.25, -0.2) is 9.78 Å². The zero-order valence-corrected chi connectivity index (χ0v) is 20.7. The molecule has 0 unspecified atom stereocenters. The summed E-state index contributed by atoms with van der Waals surface area (Å²) in [5, 5.41) is 19.7. The Morgan fingerprint density at radius 1 is 1.03 bits per heavy atom. The second-order valence-corrected chi connectivity index (χ2v) is 8.69. The number of carbonyl (C=O) groups excluding carboxylic acids is 1. The first-order valence-corrected chi connectivity index (χ1v) is 11.5. The summed E-state index contributed by atoms with van der Waals surface area (Å²) in [5.41, 5.74) is 4.56. The van der Waals surface area contributed by atoms with Crippen molar-refractivity contribution in [2.45, 2.75) is 6.92 Å². The number of fused-ring (bicyclic) bond motifs is 2. The molecule has 2 amide bonds. The van der Waals surface area contributed by atoms with Crippen molar-refractivity contribution in [2.75, 3.05) is 44.9 Å². The Balaban J connectivity index is 1.85. The van der Waals surface area contributed by atoms with Gasteiger partial charge in [-0.1, -0.05) is 30.3 Å². The second-order valence-electron chi connectivity index (χ2n) is 8.69. The Labute approximate surface area is 209 Å². The van der Waals surface area contributed by atoms with Gasteiger partial charge in [-0.15, -0.1) is 0 Å². The molecule has 0 saturated heterocycles. The first kappa shape index (κ1) is 24.7. The molecule has 1 heterocycles. The molecule has 186 valence electrons. The molecule has 1 aromatic heterocycles. The van der Waals surface area contributed by atoms with Crippen molar-refractivity contribution >= 4 is 50.9 Å². The van der Waals surface area contributed by atoms with E-state index in [0.717, 1.165) is 34.1 Å². The van der Waals surface area contributed by atoms with Crippen LogP contribution in [0.25, 0.3) is 21.8 Å². The van der Waals surface area contributed by atoms with E-state index in [0.29, 0.717) is 34.7 Å². The van der Waals surface area contributed by atoms with Crippen LogP contribution in [0, 0.1) is 6.92 Å². The van der Waals surface area contributed by atoms with Crippen LogP contribution in [-0.2, 0) is 0 Å². The number of carboxylic acid groups (broad SMARTS) is 1. The Morgan fingerprint density at radius 3 is 2.44 bits per heavy atom. The summed E-state index contributed by atoms with van der Waals surface area (Å²) in [6.07, 6.45) is -1.19. The maximum Gasteiger partial charge on any atom is 0.409 e. The minimum atomic E-state index is -1.19. The van der Waals surface area contributed by atoms with Crippen molar-refractivity contribution in [3.8, 4) is 5.75 Å². The molecule has 4 rings (SSSR count). The van der Waals surface area contributed by atoms with E-state index in [2.05, 4.69) is 16.0 Å². The minimum absolute atomic E-state index is 0.189. The highest BCUT2D eigenvalue weighted by Gasteiger charge is 2.17. The van der Waals surface area contributed by atoms with E-state index in [-0.39, 0.29) is 5.91 Å². The van der Waals surface area contributed by atoms with E-state index in [1.807, 2.05) is 56.3 Å². The summed E-state index contributed by atoms with van der Waals surface area (Å²) in [5.74, 6) is 0.214. The number of hydrogen-bond acceptors (Lipinski definition) is 6. The lowest BCUT2D eigenvalue weighted by Gasteiger charge is -2.17. The predicted molar refractivity (Wildman–Crippen MR) is 143 cm³/mol. The van der Waals surface area contributed by atoms with Crippen LogP contribution in [0.15, 0.2) is 54.6 Å². The molecule has 0 bridgehead atoms. The maximum absolute atomic E-state index is 13.1. The van der Waals surface area contributed by atoms with Crippen molar-refractivity contribution < 1.29 is 19.4 Å². The number of para-hydroxylation sites is 2. The number of likely N-dealkylation sites (N-methyl/N-ethyl adjacent to an activating group) is 1.